The Labute approximate surface area is 198 Å². The van der Waals surface area contributed by atoms with Gasteiger partial charge < -0.3 is 15.5 Å². The average Bonchev–Trinajstić information content (AvgIpc) is 2.66. The first-order valence-electron chi connectivity index (χ1n) is 11.6. The molecule has 0 bridgehead atoms. The zero-order valence-corrected chi connectivity index (χ0v) is 21.4. The number of piperidine rings is 1. The van der Waals surface area contributed by atoms with Crippen molar-refractivity contribution in [1.82, 2.24) is 10.2 Å². The highest BCUT2D eigenvalue weighted by molar-refractivity contribution is 7.80. The Morgan fingerprint density at radius 2 is 1.69 bits per heavy atom. The average molecular weight is 456 g/mol. The molecular weight excluding hydrogens is 417 g/mol. The van der Waals surface area contributed by atoms with Crippen LogP contribution in [0.15, 0.2) is 42.5 Å². The molecule has 1 fully saturated rings. The molecule has 0 radical (unpaired) electrons. The molecule has 0 aromatic heterocycles. The van der Waals surface area contributed by atoms with E-state index in [1.807, 2.05) is 12.1 Å². The highest BCUT2D eigenvalue weighted by Gasteiger charge is 2.40. The maximum absolute atomic E-state index is 13.5. The first kappa shape index (κ1) is 24.7. The highest BCUT2D eigenvalue weighted by Crippen LogP contribution is 2.34. The number of benzene rings is 2. The maximum Gasteiger partial charge on any atom is 0.173 e. The number of rotatable bonds is 5. The van der Waals surface area contributed by atoms with Crippen molar-refractivity contribution in [3.8, 4) is 0 Å². The molecule has 174 valence electrons. The van der Waals surface area contributed by atoms with E-state index in [1.165, 1.54) is 23.3 Å². The second-order valence-electron chi connectivity index (χ2n) is 10.8. The van der Waals surface area contributed by atoms with Crippen molar-refractivity contribution in [2.24, 2.45) is 0 Å². The van der Waals surface area contributed by atoms with E-state index in [4.69, 9.17) is 12.2 Å². The molecule has 1 heterocycles. The number of hydrogen-bond acceptors (Lipinski definition) is 2. The van der Waals surface area contributed by atoms with Crippen molar-refractivity contribution < 1.29 is 4.39 Å². The molecule has 5 heteroatoms. The van der Waals surface area contributed by atoms with Crippen molar-refractivity contribution in [2.45, 2.75) is 90.9 Å². The molecule has 0 amide bonds. The lowest BCUT2D eigenvalue weighted by Crippen LogP contribution is -2.63. The Morgan fingerprint density at radius 1 is 1.09 bits per heavy atom. The van der Waals surface area contributed by atoms with E-state index in [2.05, 4.69) is 82.2 Å². The van der Waals surface area contributed by atoms with E-state index in [0.29, 0.717) is 12.5 Å². The zero-order chi connectivity index (χ0) is 23.7. The zero-order valence-electron chi connectivity index (χ0n) is 20.6. The molecule has 2 aromatic carbocycles. The van der Waals surface area contributed by atoms with E-state index in [-0.39, 0.29) is 22.9 Å². The summed E-state index contributed by atoms with van der Waals surface area (Å²) >= 11 is 6.04. The fourth-order valence-corrected chi connectivity index (χ4v) is 5.48. The molecule has 1 saturated heterocycles. The third kappa shape index (κ3) is 6.08. The van der Waals surface area contributed by atoms with Crippen molar-refractivity contribution in [3.63, 3.8) is 0 Å². The van der Waals surface area contributed by atoms with Crippen LogP contribution < -0.4 is 10.6 Å². The van der Waals surface area contributed by atoms with Gasteiger partial charge in [0.2, 0.25) is 0 Å². The maximum atomic E-state index is 13.5. The number of hydrogen-bond donors (Lipinski definition) is 2. The summed E-state index contributed by atoms with van der Waals surface area (Å²) in [6.45, 7) is 16.2. The van der Waals surface area contributed by atoms with Gasteiger partial charge in [-0.2, -0.15) is 0 Å². The molecule has 3 nitrogen and oxygen atoms in total. The Kier molecular flexibility index (Phi) is 7.31. The van der Waals surface area contributed by atoms with Crippen LogP contribution in [0.25, 0.3) is 0 Å². The lowest BCUT2D eigenvalue weighted by Gasteiger charge is -2.50. The number of nitrogens with zero attached hydrogens (tertiary/aromatic N) is 1. The number of nitrogens with one attached hydrogen (secondary N) is 2. The van der Waals surface area contributed by atoms with Gasteiger partial charge in [-0.1, -0.05) is 44.2 Å². The summed E-state index contributed by atoms with van der Waals surface area (Å²) in [7, 11) is 0. The third-order valence-electron chi connectivity index (χ3n) is 6.30. The summed E-state index contributed by atoms with van der Waals surface area (Å²) in [5.74, 6) is 0.175. The van der Waals surface area contributed by atoms with Gasteiger partial charge in [0.25, 0.3) is 0 Å². The quantitative estimate of drug-likeness (QED) is 0.487. The second kappa shape index (κ2) is 9.48. The van der Waals surface area contributed by atoms with Crippen LogP contribution in [0.5, 0.6) is 0 Å². The molecule has 0 saturated carbocycles. The topological polar surface area (TPSA) is 27.3 Å². The fraction of sp³-hybridized carbons (Fsp3) is 0.519. The Morgan fingerprint density at radius 3 is 2.25 bits per heavy atom. The minimum absolute atomic E-state index is 0.00513. The largest absolute Gasteiger partial charge is 0.342 e. The van der Waals surface area contributed by atoms with Crippen molar-refractivity contribution in [3.05, 3.63) is 65.0 Å². The molecule has 2 aromatic rings. The molecule has 0 spiro atoms. The lowest BCUT2D eigenvalue weighted by molar-refractivity contribution is 0.101. The van der Waals surface area contributed by atoms with E-state index in [0.717, 1.165) is 29.2 Å². The van der Waals surface area contributed by atoms with Gasteiger partial charge in [-0.05, 0) is 94.4 Å². The number of thiocarbonyl (C=S) groups is 1. The molecule has 32 heavy (non-hydrogen) atoms. The van der Waals surface area contributed by atoms with Gasteiger partial charge >= 0.3 is 0 Å². The predicted molar refractivity (Wildman–Crippen MR) is 138 cm³/mol. The minimum Gasteiger partial charge on any atom is -0.342 e. The summed E-state index contributed by atoms with van der Waals surface area (Å²) < 4.78 is 13.5. The van der Waals surface area contributed by atoms with Gasteiger partial charge in [0.1, 0.15) is 5.82 Å². The van der Waals surface area contributed by atoms with Crippen LogP contribution in [0.3, 0.4) is 0 Å². The normalized spacial score (nSPS) is 17.9. The Bertz CT molecular complexity index is 934. The van der Waals surface area contributed by atoms with Gasteiger partial charge in [-0.15, -0.1) is 0 Å². The van der Waals surface area contributed by atoms with Gasteiger partial charge in [-0.25, -0.2) is 4.39 Å². The smallest absolute Gasteiger partial charge is 0.173 e. The first-order chi connectivity index (χ1) is 14.9. The van der Waals surface area contributed by atoms with E-state index in [9.17, 15) is 4.39 Å². The standard InChI is InChI=1S/C27H38FN3S/c1-18(2)23-10-8-9-19(3)24(23)29-25(32)31(17-20-11-13-21(28)14-12-20)22-15-26(4,5)30-27(6,7)16-22/h8-14,18,22,30H,15-17H2,1-7H3,(H,29,32). The van der Waals surface area contributed by atoms with Crippen molar-refractivity contribution >= 4 is 23.0 Å². The number of anilines is 1. The van der Waals surface area contributed by atoms with Gasteiger partial charge in [0.05, 0.1) is 0 Å². The summed E-state index contributed by atoms with van der Waals surface area (Å²) in [6.07, 6.45) is 1.95. The molecule has 0 unspecified atom stereocenters. The van der Waals surface area contributed by atoms with Crippen molar-refractivity contribution in [2.75, 3.05) is 5.32 Å². The Hall–Kier alpha value is -1.98. The molecule has 3 rings (SSSR count). The van der Waals surface area contributed by atoms with E-state index >= 15 is 0 Å². The van der Waals surface area contributed by atoms with Gasteiger partial charge in [0, 0.05) is 29.4 Å². The van der Waals surface area contributed by atoms with Gasteiger partial charge in [-0.3, -0.25) is 0 Å². The Balaban J connectivity index is 1.95. The summed E-state index contributed by atoms with van der Waals surface area (Å²) in [6, 6.07) is 13.4. The highest BCUT2D eigenvalue weighted by atomic mass is 32.1. The fourth-order valence-electron chi connectivity index (χ4n) is 5.16. The minimum atomic E-state index is -0.216. The van der Waals surface area contributed by atoms with Crippen LogP contribution in [0.1, 0.15) is 77.0 Å². The monoisotopic (exact) mass is 455 g/mol. The first-order valence-corrected chi connectivity index (χ1v) is 12.0. The van der Waals surface area contributed by atoms with Crippen molar-refractivity contribution in [1.29, 1.82) is 0 Å². The number of aryl methyl sites for hydroxylation is 1. The molecule has 2 N–H and O–H groups in total. The van der Waals surface area contributed by atoms with Crippen LogP contribution in [0, 0.1) is 12.7 Å². The van der Waals surface area contributed by atoms with Crippen LogP contribution in [-0.4, -0.2) is 27.1 Å². The molecular formula is C27H38FN3S. The predicted octanol–water partition coefficient (Wildman–Crippen LogP) is 6.77. The van der Waals surface area contributed by atoms with Crippen LogP contribution in [-0.2, 0) is 6.54 Å². The van der Waals surface area contributed by atoms with E-state index in [1.54, 1.807) is 0 Å². The van der Waals surface area contributed by atoms with E-state index < -0.39 is 0 Å². The van der Waals surface area contributed by atoms with Crippen LogP contribution >= 0.6 is 12.2 Å². The second-order valence-corrected chi connectivity index (χ2v) is 11.2. The molecule has 1 aliphatic heterocycles. The third-order valence-corrected chi connectivity index (χ3v) is 6.63. The molecule has 1 aliphatic rings. The summed E-state index contributed by atoms with van der Waals surface area (Å²) in [4.78, 5) is 2.31. The summed E-state index contributed by atoms with van der Waals surface area (Å²) in [5, 5.41) is 8.10. The SMILES string of the molecule is Cc1cccc(C(C)C)c1NC(=S)N(Cc1ccc(F)cc1)C1CC(C)(C)NC(C)(C)C1. The lowest BCUT2D eigenvalue weighted by atomic mass is 9.79. The summed E-state index contributed by atoms with van der Waals surface area (Å²) in [5.41, 5.74) is 4.60. The van der Waals surface area contributed by atoms with Crippen LogP contribution in [0.4, 0.5) is 10.1 Å². The number of para-hydroxylation sites is 1. The number of halogens is 1. The van der Waals surface area contributed by atoms with Gasteiger partial charge in [0.15, 0.2) is 5.11 Å². The van der Waals surface area contributed by atoms with Crippen LogP contribution in [0.2, 0.25) is 0 Å². The molecule has 0 atom stereocenters. The molecule has 0 aliphatic carbocycles.